The van der Waals surface area contributed by atoms with Crippen molar-refractivity contribution in [3.63, 3.8) is 0 Å². The van der Waals surface area contributed by atoms with E-state index in [2.05, 4.69) is 10.6 Å². The molecule has 0 bridgehead atoms. The van der Waals surface area contributed by atoms with Gasteiger partial charge in [-0.2, -0.15) is 0 Å². The molecule has 0 heterocycles. The summed E-state index contributed by atoms with van der Waals surface area (Å²) in [5.41, 5.74) is 2.55. The first-order valence-corrected chi connectivity index (χ1v) is 7.49. The molecule has 2 N–H and O–H groups in total. The molecule has 0 fully saturated rings. The molecule has 126 valence electrons. The van der Waals surface area contributed by atoms with Crippen molar-refractivity contribution in [1.29, 1.82) is 0 Å². The van der Waals surface area contributed by atoms with Gasteiger partial charge in [-0.25, -0.2) is 4.79 Å². The van der Waals surface area contributed by atoms with Crippen LogP contribution in [0.15, 0.2) is 54.6 Å². The number of amides is 2. The van der Waals surface area contributed by atoms with Gasteiger partial charge in [-0.1, -0.05) is 42.5 Å². The molecule has 6 nitrogen and oxygen atoms in total. The fourth-order valence-electron chi connectivity index (χ4n) is 1.98. The van der Waals surface area contributed by atoms with Gasteiger partial charge in [-0.15, -0.1) is 0 Å². The zero-order valence-electron chi connectivity index (χ0n) is 13.5. The molecule has 2 aromatic carbocycles. The van der Waals surface area contributed by atoms with Crippen molar-refractivity contribution in [1.82, 2.24) is 5.32 Å². The SMILES string of the molecule is COCc1ccc(NC(=O)CNC(=O)OCc2ccccc2)cc1. The average Bonchev–Trinajstić information content (AvgIpc) is 2.61. The van der Waals surface area contributed by atoms with Crippen LogP contribution in [0.2, 0.25) is 0 Å². The standard InChI is InChI=1S/C18H20N2O4/c1-23-12-15-7-9-16(10-8-15)20-17(21)11-19-18(22)24-13-14-5-3-2-4-6-14/h2-10H,11-13H2,1H3,(H,19,22)(H,20,21). The molecule has 0 atom stereocenters. The van der Waals surface area contributed by atoms with Gasteiger partial charge < -0.3 is 20.1 Å². The number of rotatable bonds is 7. The summed E-state index contributed by atoms with van der Waals surface area (Å²) >= 11 is 0. The Hall–Kier alpha value is -2.86. The largest absolute Gasteiger partial charge is 0.445 e. The summed E-state index contributed by atoms with van der Waals surface area (Å²) in [6, 6.07) is 16.6. The smallest absolute Gasteiger partial charge is 0.407 e. The van der Waals surface area contributed by atoms with Gasteiger partial charge in [-0.05, 0) is 23.3 Å². The number of methoxy groups -OCH3 is 1. The summed E-state index contributed by atoms with van der Waals surface area (Å²) < 4.78 is 10.0. The number of hydrogen-bond donors (Lipinski definition) is 2. The highest BCUT2D eigenvalue weighted by Crippen LogP contribution is 2.10. The molecule has 2 rings (SSSR count). The lowest BCUT2D eigenvalue weighted by Gasteiger charge is -2.08. The van der Waals surface area contributed by atoms with E-state index in [1.165, 1.54) is 0 Å². The number of hydrogen-bond acceptors (Lipinski definition) is 4. The Morgan fingerprint density at radius 1 is 0.917 bits per heavy atom. The van der Waals surface area contributed by atoms with Crippen molar-refractivity contribution in [2.75, 3.05) is 19.0 Å². The van der Waals surface area contributed by atoms with Gasteiger partial charge in [0.1, 0.15) is 13.2 Å². The maximum absolute atomic E-state index is 11.8. The van der Waals surface area contributed by atoms with Crippen LogP contribution in [0, 0.1) is 0 Å². The lowest BCUT2D eigenvalue weighted by molar-refractivity contribution is -0.115. The fraction of sp³-hybridized carbons (Fsp3) is 0.222. The Labute approximate surface area is 140 Å². The van der Waals surface area contributed by atoms with Crippen LogP contribution in [0.3, 0.4) is 0 Å². The first kappa shape index (κ1) is 17.5. The average molecular weight is 328 g/mol. The maximum atomic E-state index is 11.8. The van der Waals surface area contributed by atoms with Crippen LogP contribution in [0.1, 0.15) is 11.1 Å². The van der Waals surface area contributed by atoms with Gasteiger partial charge in [0.15, 0.2) is 0 Å². The molecule has 0 unspecified atom stereocenters. The fourth-order valence-corrected chi connectivity index (χ4v) is 1.98. The predicted octanol–water partition coefficient (Wildman–Crippen LogP) is 2.70. The summed E-state index contributed by atoms with van der Waals surface area (Å²) in [5, 5.41) is 5.10. The van der Waals surface area contributed by atoms with Crippen molar-refractivity contribution in [3.05, 3.63) is 65.7 Å². The maximum Gasteiger partial charge on any atom is 0.407 e. The quantitative estimate of drug-likeness (QED) is 0.819. The van der Waals surface area contributed by atoms with Gasteiger partial charge in [-0.3, -0.25) is 4.79 Å². The van der Waals surface area contributed by atoms with Crippen molar-refractivity contribution in [2.24, 2.45) is 0 Å². The number of carbonyl (C=O) groups is 2. The minimum atomic E-state index is -0.635. The minimum Gasteiger partial charge on any atom is -0.445 e. The van der Waals surface area contributed by atoms with E-state index in [0.29, 0.717) is 12.3 Å². The van der Waals surface area contributed by atoms with E-state index in [0.717, 1.165) is 11.1 Å². The third-order valence-electron chi connectivity index (χ3n) is 3.15. The van der Waals surface area contributed by atoms with Crippen molar-refractivity contribution >= 4 is 17.7 Å². The first-order chi connectivity index (χ1) is 11.7. The summed E-state index contributed by atoms with van der Waals surface area (Å²) in [5.74, 6) is -0.328. The highest BCUT2D eigenvalue weighted by molar-refractivity contribution is 5.93. The van der Waals surface area contributed by atoms with Crippen molar-refractivity contribution < 1.29 is 19.1 Å². The summed E-state index contributed by atoms with van der Waals surface area (Å²) in [6.07, 6.45) is -0.635. The van der Waals surface area contributed by atoms with Gasteiger partial charge in [0.2, 0.25) is 5.91 Å². The molecule has 24 heavy (non-hydrogen) atoms. The predicted molar refractivity (Wildman–Crippen MR) is 90.4 cm³/mol. The Morgan fingerprint density at radius 3 is 2.25 bits per heavy atom. The zero-order chi connectivity index (χ0) is 17.2. The van der Waals surface area contributed by atoms with Gasteiger partial charge in [0.25, 0.3) is 0 Å². The van der Waals surface area contributed by atoms with Crippen LogP contribution in [-0.2, 0) is 27.5 Å². The van der Waals surface area contributed by atoms with Gasteiger partial charge in [0.05, 0.1) is 6.61 Å². The number of anilines is 1. The second-order valence-electron chi connectivity index (χ2n) is 5.09. The molecule has 0 spiro atoms. The zero-order valence-corrected chi connectivity index (χ0v) is 13.5. The molecule has 0 saturated carbocycles. The summed E-state index contributed by atoms with van der Waals surface area (Å²) in [6.45, 7) is 0.520. The number of carbonyl (C=O) groups excluding carboxylic acids is 2. The number of benzene rings is 2. The molecular formula is C18H20N2O4. The van der Waals surface area contributed by atoms with Crippen molar-refractivity contribution in [2.45, 2.75) is 13.2 Å². The topological polar surface area (TPSA) is 76.7 Å². The molecule has 6 heteroatoms. The Kier molecular flexibility index (Phi) is 6.79. The molecule has 0 aromatic heterocycles. The Bertz CT molecular complexity index is 656. The highest BCUT2D eigenvalue weighted by atomic mass is 16.5. The molecule has 0 aliphatic heterocycles. The van der Waals surface area contributed by atoms with Gasteiger partial charge >= 0.3 is 6.09 Å². The van der Waals surface area contributed by atoms with E-state index < -0.39 is 6.09 Å². The third kappa shape index (κ3) is 6.10. The molecule has 2 amide bonds. The number of alkyl carbamates (subject to hydrolysis) is 1. The second-order valence-corrected chi connectivity index (χ2v) is 5.09. The molecule has 2 aromatic rings. The van der Waals surface area contributed by atoms with Crippen LogP contribution in [0.5, 0.6) is 0 Å². The van der Waals surface area contributed by atoms with E-state index in [1.54, 1.807) is 19.2 Å². The van der Waals surface area contributed by atoms with Crippen LogP contribution >= 0.6 is 0 Å². The van der Waals surface area contributed by atoms with E-state index >= 15 is 0 Å². The Morgan fingerprint density at radius 2 is 1.58 bits per heavy atom. The molecule has 0 aliphatic rings. The van der Waals surface area contributed by atoms with E-state index in [9.17, 15) is 9.59 Å². The van der Waals surface area contributed by atoms with Crippen LogP contribution in [0.4, 0.5) is 10.5 Å². The lowest BCUT2D eigenvalue weighted by atomic mass is 10.2. The Balaban J connectivity index is 1.69. The molecular weight excluding hydrogens is 308 g/mol. The monoisotopic (exact) mass is 328 g/mol. The highest BCUT2D eigenvalue weighted by Gasteiger charge is 2.07. The number of ether oxygens (including phenoxy) is 2. The van der Waals surface area contributed by atoms with Crippen molar-refractivity contribution in [3.8, 4) is 0 Å². The first-order valence-electron chi connectivity index (χ1n) is 7.49. The normalized spacial score (nSPS) is 10.0. The third-order valence-corrected chi connectivity index (χ3v) is 3.15. The summed E-state index contributed by atoms with van der Waals surface area (Å²) in [7, 11) is 1.62. The van der Waals surface area contributed by atoms with E-state index in [-0.39, 0.29) is 19.1 Å². The van der Waals surface area contributed by atoms with E-state index in [4.69, 9.17) is 9.47 Å². The van der Waals surface area contributed by atoms with Gasteiger partial charge in [0, 0.05) is 12.8 Å². The molecule has 0 saturated heterocycles. The molecule has 0 aliphatic carbocycles. The van der Waals surface area contributed by atoms with Crippen LogP contribution in [0.25, 0.3) is 0 Å². The number of nitrogens with one attached hydrogen (secondary N) is 2. The molecule has 0 radical (unpaired) electrons. The summed E-state index contributed by atoms with van der Waals surface area (Å²) in [4.78, 5) is 23.4. The van der Waals surface area contributed by atoms with Crippen LogP contribution in [-0.4, -0.2) is 25.7 Å². The van der Waals surface area contributed by atoms with E-state index in [1.807, 2.05) is 42.5 Å². The minimum absolute atomic E-state index is 0.159. The lowest BCUT2D eigenvalue weighted by Crippen LogP contribution is -2.33. The van der Waals surface area contributed by atoms with Crippen LogP contribution < -0.4 is 10.6 Å². The second kappa shape index (κ2) is 9.32.